The number of rotatable bonds is 5. The Morgan fingerprint density at radius 1 is 0.848 bits per heavy atom. The third-order valence-corrected chi connectivity index (χ3v) is 6.30. The van der Waals surface area contributed by atoms with E-state index < -0.39 is 0 Å². The van der Waals surface area contributed by atoms with Crippen LogP contribution in [0.2, 0.25) is 0 Å². The summed E-state index contributed by atoms with van der Waals surface area (Å²) >= 11 is 0. The quantitative estimate of drug-likeness (QED) is 0.458. The summed E-state index contributed by atoms with van der Waals surface area (Å²) in [6.45, 7) is 8.70. The van der Waals surface area contributed by atoms with Crippen molar-refractivity contribution in [3.8, 4) is 16.9 Å². The molecule has 5 rings (SSSR count). The first-order chi connectivity index (χ1) is 16.1. The predicted octanol–water partition coefficient (Wildman–Crippen LogP) is 4.41. The van der Waals surface area contributed by atoms with E-state index in [2.05, 4.69) is 39.7 Å². The molecule has 0 saturated carbocycles. The highest BCUT2D eigenvalue weighted by Gasteiger charge is 2.23. The molecule has 0 aliphatic carbocycles. The van der Waals surface area contributed by atoms with E-state index in [0.29, 0.717) is 0 Å². The molecule has 6 nitrogen and oxygen atoms in total. The van der Waals surface area contributed by atoms with Crippen LogP contribution in [0.5, 0.6) is 0 Å². The van der Waals surface area contributed by atoms with Crippen LogP contribution in [0, 0.1) is 19.7 Å². The zero-order valence-electron chi connectivity index (χ0n) is 18.9. The molecule has 0 atom stereocenters. The van der Waals surface area contributed by atoms with Crippen molar-refractivity contribution in [3.05, 3.63) is 89.8 Å². The first kappa shape index (κ1) is 21.3. The van der Waals surface area contributed by atoms with Crippen molar-refractivity contribution in [1.29, 1.82) is 0 Å². The van der Waals surface area contributed by atoms with Crippen LogP contribution in [0.15, 0.2) is 67.0 Å². The van der Waals surface area contributed by atoms with Gasteiger partial charge in [-0.25, -0.2) is 19.0 Å². The lowest BCUT2D eigenvalue weighted by atomic mass is 10.1. The van der Waals surface area contributed by atoms with Gasteiger partial charge >= 0.3 is 0 Å². The van der Waals surface area contributed by atoms with Crippen LogP contribution in [0.25, 0.3) is 16.9 Å². The molecular weight excluding hydrogens is 415 g/mol. The molecule has 1 saturated heterocycles. The summed E-state index contributed by atoms with van der Waals surface area (Å²) in [4.78, 5) is 13.9. The third kappa shape index (κ3) is 4.36. The van der Waals surface area contributed by atoms with Crippen molar-refractivity contribution >= 4 is 5.82 Å². The van der Waals surface area contributed by atoms with Crippen LogP contribution in [0.4, 0.5) is 10.2 Å². The van der Waals surface area contributed by atoms with Gasteiger partial charge in [-0.05, 0) is 55.8 Å². The maximum absolute atomic E-state index is 13.4. The molecule has 33 heavy (non-hydrogen) atoms. The van der Waals surface area contributed by atoms with E-state index >= 15 is 0 Å². The number of benzene rings is 1. The number of anilines is 1. The van der Waals surface area contributed by atoms with Crippen molar-refractivity contribution in [2.75, 3.05) is 31.1 Å². The number of piperazine rings is 1. The minimum atomic E-state index is -0.227. The Hall–Kier alpha value is -3.58. The van der Waals surface area contributed by atoms with Crippen LogP contribution < -0.4 is 4.90 Å². The van der Waals surface area contributed by atoms with Gasteiger partial charge in [0.05, 0.1) is 5.69 Å². The Bertz CT molecular complexity index is 1230. The Balaban J connectivity index is 1.30. The molecule has 168 valence electrons. The fourth-order valence-electron chi connectivity index (χ4n) is 4.45. The largest absolute Gasteiger partial charge is 0.354 e. The van der Waals surface area contributed by atoms with E-state index in [1.807, 2.05) is 47.3 Å². The van der Waals surface area contributed by atoms with Gasteiger partial charge in [0.1, 0.15) is 11.6 Å². The Kier molecular flexibility index (Phi) is 5.88. The number of hydrogen-bond acceptors (Lipinski definition) is 5. The minimum absolute atomic E-state index is 0.227. The molecule has 1 aliphatic heterocycles. The normalized spacial score (nSPS) is 14.6. The zero-order valence-corrected chi connectivity index (χ0v) is 18.9. The SMILES string of the molecule is Cc1nn(-c2ccccn2)c(C)c1CN1CCN(c2ncccc2-c2ccc(F)cc2)CC1. The summed E-state index contributed by atoms with van der Waals surface area (Å²) in [6, 6.07) is 16.5. The molecule has 0 radical (unpaired) electrons. The molecular formula is C26H27FN6. The molecule has 0 spiro atoms. The highest BCUT2D eigenvalue weighted by Crippen LogP contribution is 2.30. The van der Waals surface area contributed by atoms with E-state index in [9.17, 15) is 4.39 Å². The van der Waals surface area contributed by atoms with Gasteiger partial charge < -0.3 is 4.90 Å². The van der Waals surface area contributed by atoms with Crippen molar-refractivity contribution < 1.29 is 4.39 Å². The Morgan fingerprint density at radius 3 is 2.33 bits per heavy atom. The molecule has 4 heterocycles. The highest BCUT2D eigenvalue weighted by molar-refractivity contribution is 5.75. The first-order valence-corrected chi connectivity index (χ1v) is 11.2. The molecule has 0 bridgehead atoms. The van der Waals surface area contributed by atoms with Gasteiger partial charge in [-0.3, -0.25) is 4.90 Å². The van der Waals surface area contributed by atoms with Gasteiger partial charge in [0, 0.05) is 61.9 Å². The fourth-order valence-corrected chi connectivity index (χ4v) is 4.45. The standard InChI is InChI=1S/C26H27FN6/c1-19-24(20(2)33(30-19)25-7-3-4-12-28-25)18-31-14-16-32(17-15-31)26-23(6-5-13-29-26)21-8-10-22(27)11-9-21/h3-13H,14-18H2,1-2H3. The van der Waals surface area contributed by atoms with Crippen LogP contribution >= 0.6 is 0 Å². The Morgan fingerprint density at radius 2 is 1.61 bits per heavy atom. The number of nitrogens with zero attached hydrogens (tertiary/aromatic N) is 6. The molecule has 1 fully saturated rings. The summed E-state index contributed by atoms with van der Waals surface area (Å²) in [6.07, 6.45) is 3.62. The van der Waals surface area contributed by atoms with Crippen LogP contribution in [0.1, 0.15) is 17.0 Å². The van der Waals surface area contributed by atoms with Gasteiger partial charge in [0.2, 0.25) is 0 Å². The summed E-state index contributed by atoms with van der Waals surface area (Å²) < 4.78 is 15.3. The monoisotopic (exact) mass is 442 g/mol. The smallest absolute Gasteiger partial charge is 0.153 e. The maximum atomic E-state index is 13.4. The van der Waals surface area contributed by atoms with Gasteiger partial charge in [-0.1, -0.05) is 18.2 Å². The van der Waals surface area contributed by atoms with Crippen LogP contribution in [-0.2, 0) is 6.54 Å². The second kappa shape index (κ2) is 9.11. The van der Waals surface area contributed by atoms with Crippen molar-refractivity contribution in [2.24, 2.45) is 0 Å². The lowest BCUT2D eigenvalue weighted by molar-refractivity contribution is 0.248. The minimum Gasteiger partial charge on any atom is -0.354 e. The molecule has 1 aliphatic rings. The van der Waals surface area contributed by atoms with Crippen molar-refractivity contribution in [2.45, 2.75) is 20.4 Å². The van der Waals surface area contributed by atoms with E-state index in [1.165, 1.54) is 17.7 Å². The number of halogens is 1. The maximum Gasteiger partial charge on any atom is 0.153 e. The van der Waals surface area contributed by atoms with Crippen molar-refractivity contribution in [3.63, 3.8) is 0 Å². The third-order valence-electron chi connectivity index (χ3n) is 6.30. The number of hydrogen-bond donors (Lipinski definition) is 0. The van der Waals surface area contributed by atoms with Gasteiger partial charge in [-0.15, -0.1) is 0 Å². The molecule has 1 aromatic carbocycles. The second-order valence-electron chi connectivity index (χ2n) is 8.39. The zero-order chi connectivity index (χ0) is 22.8. The average Bonchev–Trinajstić information content (AvgIpc) is 3.14. The summed E-state index contributed by atoms with van der Waals surface area (Å²) in [5.41, 5.74) is 5.46. The van der Waals surface area contributed by atoms with Gasteiger partial charge in [0.25, 0.3) is 0 Å². The van der Waals surface area contributed by atoms with Gasteiger partial charge in [-0.2, -0.15) is 5.10 Å². The lowest BCUT2D eigenvalue weighted by Gasteiger charge is -2.36. The van der Waals surface area contributed by atoms with Crippen LogP contribution in [-0.4, -0.2) is 50.8 Å². The summed E-state index contributed by atoms with van der Waals surface area (Å²) in [5, 5.41) is 4.74. The Labute approximate surface area is 193 Å². The summed E-state index contributed by atoms with van der Waals surface area (Å²) in [7, 11) is 0. The number of aryl methyl sites for hydroxylation is 1. The second-order valence-corrected chi connectivity index (χ2v) is 8.39. The molecule has 0 amide bonds. The van der Waals surface area contributed by atoms with E-state index in [1.54, 1.807) is 6.20 Å². The fraction of sp³-hybridized carbons (Fsp3) is 0.269. The van der Waals surface area contributed by atoms with E-state index in [4.69, 9.17) is 5.10 Å². The first-order valence-electron chi connectivity index (χ1n) is 11.2. The average molecular weight is 443 g/mol. The molecule has 3 aromatic heterocycles. The molecule has 0 unspecified atom stereocenters. The predicted molar refractivity (Wildman–Crippen MR) is 128 cm³/mol. The topological polar surface area (TPSA) is 50.1 Å². The van der Waals surface area contributed by atoms with Crippen molar-refractivity contribution in [1.82, 2.24) is 24.6 Å². The van der Waals surface area contributed by atoms with Crippen LogP contribution in [0.3, 0.4) is 0 Å². The highest BCUT2D eigenvalue weighted by atomic mass is 19.1. The van der Waals surface area contributed by atoms with E-state index in [-0.39, 0.29) is 5.82 Å². The van der Waals surface area contributed by atoms with E-state index in [0.717, 1.165) is 66.9 Å². The number of aromatic nitrogens is 4. The summed E-state index contributed by atoms with van der Waals surface area (Å²) in [5.74, 6) is 1.58. The van der Waals surface area contributed by atoms with Gasteiger partial charge in [0.15, 0.2) is 5.82 Å². The molecule has 7 heteroatoms. The molecule has 0 N–H and O–H groups in total. The molecule has 4 aromatic rings. The number of pyridine rings is 2. The lowest BCUT2D eigenvalue weighted by Crippen LogP contribution is -2.46.